The molecule has 0 aliphatic rings. The molecule has 0 fully saturated rings. The first-order valence-electron chi connectivity index (χ1n) is 9.59. The number of hydrogen-bond acceptors (Lipinski definition) is 3. The lowest BCUT2D eigenvalue weighted by atomic mass is 10.1. The average molecular weight is 468 g/mol. The van der Waals surface area contributed by atoms with Crippen LogP contribution in [0.25, 0.3) is 0 Å². The molecule has 1 aromatic heterocycles. The lowest BCUT2D eigenvalue weighted by molar-refractivity contribution is -0.115. The fourth-order valence-corrected chi connectivity index (χ4v) is 3.19. The van der Waals surface area contributed by atoms with Gasteiger partial charge in [0, 0.05) is 41.1 Å². The van der Waals surface area contributed by atoms with E-state index in [0.29, 0.717) is 30.8 Å². The summed E-state index contributed by atoms with van der Waals surface area (Å²) in [7, 11) is 0. The molecule has 3 rings (SSSR count). The van der Waals surface area contributed by atoms with Gasteiger partial charge in [0.1, 0.15) is 0 Å². The van der Waals surface area contributed by atoms with Crippen molar-refractivity contribution >= 4 is 33.4 Å². The summed E-state index contributed by atoms with van der Waals surface area (Å²) in [4.78, 5) is 36.3. The Labute approximate surface area is 183 Å². The fourth-order valence-electron chi connectivity index (χ4n) is 2.93. The van der Waals surface area contributed by atoms with E-state index >= 15 is 0 Å². The molecule has 0 spiro atoms. The molecule has 0 saturated heterocycles. The molecule has 30 heavy (non-hydrogen) atoms. The Kier molecular flexibility index (Phi) is 7.57. The fraction of sp³-hybridized carbons (Fsp3) is 0.174. The van der Waals surface area contributed by atoms with Crippen molar-refractivity contribution in [2.45, 2.75) is 19.4 Å². The van der Waals surface area contributed by atoms with Crippen LogP contribution in [0, 0.1) is 0 Å². The number of nitrogens with zero attached hydrogens (tertiary/aromatic N) is 1. The Balaban J connectivity index is 1.49. The molecular weight excluding hydrogens is 446 g/mol. The van der Waals surface area contributed by atoms with E-state index in [0.717, 1.165) is 10.0 Å². The van der Waals surface area contributed by atoms with Gasteiger partial charge in [-0.3, -0.25) is 14.4 Å². The highest BCUT2D eigenvalue weighted by molar-refractivity contribution is 9.10. The summed E-state index contributed by atoms with van der Waals surface area (Å²) in [6.45, 7) is 0.979. The van der Waals surface area contributed by atoms with Crippen LogP contribution in [0.1, 0.15) is 22.3 Å². The molecule has 154 valence electrons. The van der Waals surface area contributed by atoms with Gasteiger partial charge in [0.05, 0.1) is 6.42 Å². The number of nitrogens with one attached hydrogen (secondary N) is 2. The zero-order chi connectivity index (χ0) is 21.3. The van der Waals surface area contributed by atoms with E-state index in [2.05, 4.69) is 26.6 Å². The first-order chi connectivity index (χ1) is 14.5. The predicted octanol–water partition coefficient (Wildman–Crippen LogP) is 3.61. The second-order valence-corrected chi connectivity index (χ2v) is 7.69. The first kappa shape index (κ1) is 21.5. The predicted molar refractivity (Wildman–Crippen MR) is 121 cm³/mol. The third-order valence-corrected chi connectivity index (χ3v) is 4.98. The van der Waals surface area contributed by atoms with Crippen molar-refractivity contribution in [3.05, 3.63) is 98.9 Å². The molecule has 0 aliphatic heterocycles. The molecule has 2 N–H and O–H groups in total. The van der Waals surface area contributed by atoms with E-state index < -0.39 is 0 Å². The number of rotatable bonds is 8. The van der Waals surface area contributed by atoms with Crippen molar-refractivity contribution in [3.8, 4) is 0 Å². The highest BCUT2D eigenvalue weighted by Crippen LogP contribution is 2.13. The highest BCUT2D eigenvalue weighted by atomic mass is 79.9. The maximum absolute atomic E-state index is 12.4. The number of aryl methyl sites for hydroxylation is 1. The molecule has 0 radical (unpaired) electrons. The normalized spacial score (nSPS) is 10.4. The summed E-state index contributed by atoms with van der Waals surface area (Å²) in [6, 6.07) is 19.4. The van der Waals surface area contributed by atoms with Gasteiger partial charge >= 0.3 is 0 Å². The smallest absolute Gasteiger partial charge is 0.251 e. The zero-order valence-corrected chi connectivity index (χ0v) is 17.9. The van der Waals surface area contributed by atoms with E-state index in [1.54, 1.807) is 47.2 Å². The van der Waals surface area contributed by atoms with Gasteiger partial charge in [0.15, 0.2) is 0 Å². The molecule has 0 unspecified atom stereocenters. The molecule has 0 aliphatic carbocycles. The zero-order valence-electron chi connectivity index (χ0n) is 16.3. The van der Waals surface area contributed by atoms with Gasteiger partial charge in [-0.05, 0) is 48.4 Å². The second-order valence-electron chi connectivity index (χ2n) is 6.77. The Morgan fingerprint density at radius 2 is 1.77 bits per heavy atom. The number of hydrogen-bond donors (Lipinski definition) is 2. The van der Waals surface area contributed by atoms with Gasteiger partial charge in [0.2, 0.25) is 11.5 Å². The first-order valence-corrected chi connectivity index (χ1v) is 10.4. The standard InChI is InChI=1S/C23H22BrN3O3/c24-19-10-8-17(9-11-19)15-21(28)26-20-6-3-5-18(16-20)23(30)25-12-4-14-27-13-2-1-7-22(27)29/h1-3,5-11,13,16H,4,12,14-15H2,(H,25,30)(H,26,28). The minimum Gasteiger partial charge on any atom is -0.352 e. The van der Waals surface area contributed by atoms with Crippen LogP contribution in [0.15, 0.2) is 82.2 Å². The number of anilines is 1. The lowest BCUT2D eigenvalue weighted by Gasteiger charge is -2.09. The molecule has 0 atom stereocenters. The Bertz CT molecular complexity index is 1080. The average Bonchev–Trinajstić information content (AvgIpc) is 2.74. The molecule has 1 heterocycles. The Morgan fingerprint density at radius 1 is 0.967 bits per heavy atom. The maximum atomic E-state index is 12.4. The van der Waals surface area contributed by atoms with Crippen molar-refractivity contribution in [1.82, 2.24) is 9.88 Å². The molecule has 2 amide bonds. The molecule has 0 bridgehead atoms. The van der Waals surface area contributed by atoms with Crippen molar-refractivity contribution < 1.29 is 9.59 Å². The van der Waals surface area contributed by atoms with Crippen molar-refractivity contribution in [2.24, 2.45) is 0 Å². The number of aromatic nitrogens is 1. The van der Waals surface area contributed by atoms with Gasteiger partial charge in [-0.1, -0.05) is 40.2 Å². The quantitative estimate of drug-likeness (QED) is 0.496. The molecule has 6 nitrogen and oxygen atoms in total. The van der Waals surface area contributed by atoms with Crippen LogP contribution >= 0.6 is 15.9 Å². The van der Waals surface area contributed by atoms with Gasteiger partial charge < -0.3 is 15.2 Å². The van der Waals surface area contributed by atoms with Crippen LogP contribution in [0.2, 0.25) is 0 Å². The third-order valence-electron chi connectivity index (χ3n) is 4.45. The highest BCUT2D eigenvalue weighted by Gasteiger charge is 2.08. The van der Waals surface area contributed by atoms with E-state index in [9.17, 15) is 14.4 Å². The van der Waals surface area contributed by atoms with Crippen LogP contribution in [0.4, 0.5) is 5.69 Å². The number of carbonyl (C=O) groups excluding carboxylic acids is 2. The van der Waals surface area contributed by atoms with Crippen LogP contribution in [-0.2, 0) is 17.8 Å². The van der Waals surface area contributed by atoms with Crippen molar-refractivity contribution in [2.75, 3.05) is 11.9 Å². The summed E-state index contributed by atoms with van der Waals surface area (Å²) in [5.41, 5.74) is 1.88. The monoisotopic (exact) mass is 467 g/mol. The number of benzene rings is 2. The van der Waals surface area contributed by atoms with E-state index in [1.807, 2.05) is 24.3 Å². The van der Waals surface area contributed by atoms with Gasteiger partial charge in [-0.2, -0.15) is 0 Å². The minimum absolute atomic E-state index is 0.0598. The molecule has 0 saturated carbocycles. The second kappa shape index (κ2) is 10.5. The topological polar surface area (TPSA) is 80.2 Å². The number of halogens is 1. The summed E-state index contributed by atoms with van der Waals surface area (Å²) in [5.74, 6) is -0.373. The van der Waals surface area contributed by atoms with Gasteiger partial charge in [0.25, 0.3) is 5.91 Å². The lowest BCUT2D eigenvalue weighted by Crippen LogP contribution is -2.27. The SMILES string of the molecule is O=C(Cc1ccc(Br)cc1)Nc1cccc(C(=O)NCCCn2ccccc2=O)c1. The summed E-state index contributed by atoms with van der Waals surface area (Å²) in [5, 5.41) is 5.67. The van der Waals surface area contributed by atoms with E-state index in [-0.39, 0.29) is 23.8 Å². The largest absolute Gasteiger partial charge is 0.352 e. The summed E-state index contributed by atoms with van der Waals surface area (Å²) < 4.78 is 2.56. The maximum Gasteiger partial charge on any atom is 0.251 e. The van der Waals surface area contributed by atoms with Crippen molar-refractivity contribution in [3.63, 3.8) is 0 Å². The molecule has 3 aromatic rings. The number of amides is 2. The van der Waals surface area contributed by atoms with E-state index in [4.69, 9.17) is 0 Å². The van der Waals surface area contributed by atoms with Gasteiger partial charge in [-0.15, -0.1) is 0 Å². The summed E-state index contributed by atoms with van der Waals surface area (Å²) in [6.07, 6.45) is 2.62. The minimum atomic E-state index is -0.223. The van der Waals surface area contributed by atoms with Gasteiger partial charge in [-0.25, -0.2) is 0 Å². The third kappa shape index (κ3) is 6.42. The Morgan fingerprint density at radius 3 is 2.53 bits per heavy atom. The van der Waals surface area contributed by atoms with Crippen LogP contribution < -0.4 is 16.2 Å². The van der Waals surface area contributed by atoms with Crippen molar-refractivity contribution in [1.29, 1.82) is 0 Å². The molecule has 2 aromatic carbocycles. The number of pyridine rings is 1. The number of carbonyl (C=O) groups is 2. The van der Waals surface area contributed by atoms with Crippen LogP contribution in [0.5, 0.6) is 0 Å². The van der Waals surface area contributed by atoms with Crippen LogP contribution in [-0.4, -0.2) is 22.9 Å². The van der Waals surface area contributed by atoms with Crippen LogP contribution in [0.3, 0.4) is 0 Å². The van der Waals surface area contributed by atoms with E-state index in [1.165, 1.54) is 6.07 Å². The molecule has 7 heteroatoms. The summed E-state index contributed by atoms with van der Waals surface area (Å²) >= 11 is 3.37. The molecular formula is C23H22BrN3O3. The Hall–Kier alpha value is -3.19.